The Morgan fingerprint density at radius 3 is 2.67 bits per heavy atom. The molecule has 0 aliphatic heterocycles. The lowest BCUT2D eigenvalue weighted by atomic mass is 10.2. The minimum atomic E-state index is -0.918. The van der Waals surface area contributed by atoms with E-state index in [0.717, 1.165) is 28.5 Å². The Morgan fingerprint density at radius 2 is 1.93 bits per heavy atom. The van der Waals surface area contributed by atoms with E-state index >= 15 is 0 Å². The summed E-state index contributed by atoms with van der Waals surface area (Å²) < 4.78 is 26.4. The molecule has 0 unspecified atom stereocenters. The lowest BCUT2D eigenvalue weighted by Crippen LogP contribution is -2.26. The Balaban J connectivity index is 1.78. The van der Waals surface area contributed by atoms with Crippen molar-refractivity contribution in [3.63, 3.8) is 0 Å². The van der Waals surface area contributed by atoms with Crippen LogP contribution in [-0.4, -0.2) is 24.1 Å². The first-order valence-electron chi connectivity index (χ1n) is 8.37. The smallest absolute Gasteiger partial charge is 0.254 e. The number of carbonyl (C=O) groups is 2. The Labute approximate surface area is 161 Å². The van der Waals surface area contributed by atoms with Crippen LogP contribution in [0.1, 0.15) is 23.2 Å². The molecule has 0 fully saturated rings. The molecule has 0 heterocycles. The summed E-state index contributed by atoms with van der Waals surface area (Å²) in [5.41, 5.74) is 0.501. The van der Waals surface area contributed by atoms with E-state index in [2.05, 4.69) is 17.2 Å². The maximum absolute atomic E-state index is 13.5. The van der Waals surface area contributed by atoms with E-state index in [-0.39, 0.29) is 24.4 Å². The topological polar surface area (TPSA) is 58.2 Å². The number of anilines is 1. The normalized spacial score (nSPS) is 10.3. The largest absolute Gasteiger partial charge is 0.352 e. The van der Waals surface area contributed by atoms with Gasteiger partial charge in [-0.2, -0.15) is 0 Å². The minimum Gasteiger partial charge on any atom is -0.352 e. The van der Waals surface area contributed by atoms with Crippen molar-refractivity contribution in [3.8, 4) is 0 Å². The van der Waals surface area contributed by atoms with E-state index in [1.807, 2.05) is 24.3 Å². The zero-order valence-electron chi connectivity index (χ0n) is 14.6. The molecule has 0 aromatic heterocycles. The predicted octanol–water partition coefficient (Wildman–Crippen LogP) is 4.39. The summed E-state index contributed by atoms with van der Waals surface area (Å²) in [7, 11) is 0. The van der Waals surface area contributed by atoms with Gasteiger partial charge in [-0.3, -0.25) is 9.59 Å². The number of carbonyl (C=O) groups excluding carboxylic acids is 2. The summed E-state index contributed by atoms with van der Waals surface area (Å²) in [6.45, 7) is 3.88. The first-order valence-corrected chi connectivity index (χ1v) is 9.35. The second-order valence-corrected chi connectivity index (χ2v) is 6.69. The van der Waals surface area contributed by atoms with Crippen LogP contribution < -0.4 is 10.6 Å². The van der Waals surface area contributed by atoms with Gasteiger partial charge in [-0.1, -0.05) is 18.2 Å². The van der Waals surface area contributed by atoms with Crippen molar-refractivity contribution in [2.75, 3.05) is 17.6 Å². The van der Waals surface area contributed by atoms with E-state index in [4.69, 9.17) is 0 Å². The van der Waals surface area contributed by atoms with Gasteiger partial charge in [0.25, 0.3) is 5.91 Å². The Morgan fingerprint density at radius 1 is 1.15 bits per heavy atom. The molecule has 0 spiro atoms. The fourth-order valence-electron chi connectivity index (χ4n) is 2.28. The van der Waals surface area contributed by atoms with Crippen molar-refractivity contribution in [2.45, 2.75) is 17.7 Å². The second kappa shape index (κ2) is 10.5. The zero-order chi connectivity index (χ0) is 19.6. The number of thioether (sulfide) groups is 1. The summed E-state index contributed by atoms with van der Waals surface area (Å²) >= 11 is 1.57. The summed E-state index contributed by atoms with van der Waals surface area (Å²) in [5, 5.41) is 5.37. The highest BCUT2D eigenvalue weighted by atomic mass is 32.2. The van der Waals surface area contributed by atoms with Crippen molar-refractivity contribution in [3.05, 3.63) is 72.3 Å². The average molecular weight is 390 g/mol. The van der Waals surface area contributed by atoms with Gasteiger partial charge in [0.05, 0.1) is 11.3 Å². The molecule has 2 aromatic rings. The van der Waals surface area contributed by atoms with Gasteiger partial charge in [-0.25, -0.2) is 8.78 Å². The molecular weight excluding hydrogens is 370 g/mol. The van der Waals surface area contributed by atoms with Gasteiger partial charge in [-0.15, -0.1) is 18.3 Å². The molecule has 2 N–H and O–H groups in total. The second-order valence-electron chi connectivity index (χ2n) is 5.63. The average Bonchev–Trinajstić information content (AvgIpc) is 2.64. The Hall–Kier alpha value is -2.67. The summed E-state index contributed by atoms with van der Waals surface area (Å²) in [6, 6.07) is 10.2. The molecule has 2 rings (SSSR count). The van der Waals surface area contributed by atoms with Gasteiger partial charge in [-0.05, 0) is 30.7 Å². The molecule has 0 bridgehead atoms. The number of benzene rings is 2. The fourth-order valence-corrected chi connectivity index (χ4v) is 3.02. The van der Waals surface area contributed by atoms with Gasteiger partial charge in [0.15, 0.2) is 0 Å². The third-order valence-corrected chi connectivity index (χ3v) is 4.63. The highest BCUT2D eigenvalue weighted by Gasteiger charge is 2.12. The molecule has 0 atom stereocenters. The van der Waals surface area contributed by atoms with Crippen LogP contribution in [0.15, 0.2) is 60.0 Å². The van der Waals surface area contributed by atoms with E-state index in [0.29, 0.717) is 12.5 Å². The van der Waals surface area contributed by atoms with Crippen LogP contribution in [0.5, 0.6) is 0 Å². The van der Waals surface area contributed by atoms with Gasteiger partial charge < -0.3 is 10.6 Å². The maximum atomic E-state index is 13.5. The number of nitrogens with one attached hydrogen (secondary N) is 2. The Bertz CT molecular complexity index is 827. The van der Waals surface area contributed by atoms with Crippen LogP contribution in [0.2, 0.25) is 0 Å². The van der Waals surface area contributed by atoms with E-state index in [9.17, 15) is 18.4 Å². The van der Waals surface area contributed by atoms with Crippen LogP contribution in [0.25, 0.3) is 0 Å². The number of hydrogen-bond donors (Lipinski definition) is 2. The molecule has 2 aromatic carbocycles. The van der Waals surface area contributed by atoms with Crippen molar-refractivity contribution in [1.82, 2.24) is 5.32 Å². The van der Waals surface area contributed by atoms with Crippen molar-refractivity contribution in [2.24, 2.45) is 0 Å². The van der Waals surface area contributed by atoms with Crippen LogP contribution in [0.3, 0.4) is 0 Å². The first-order chi connectivity index (χ1) is 13.0. The fraction of sp³-hybridized carbons (Fsp3) is 0.200. The third kappa shape index (κ3) is 6.53. The molecular formula is C20H20F2N2O2S. The molecule has 0 radical (unpaired) electrons. The van der Waals surface area contributed by atoms with Crippen molar-refractivity contribution >= 4 is 29.3 Å². The maximum Gasteiger partial charge on any atom is 0.254 e. The summed E-state index contributed by atoms with van der Waals surface area (Å²) in [4.78, 5) is 24.9. The number of halogens is 2. The molecule has 142 valence electrons. The molecule has 0 aliphatic rings. The van der Waals surface area contributed by atoms with Crippen molar-refractivity contribution < 1.29 is 18.4 Å². The molecule has 7 heteroatoms. The van der Waals surface area contributed by atoms with Gasteiger partial charge in [0.2, 0.25) is 5.91 Å². The first kappa shape index (κ1) is 20.6. The summed E-state index contributed by atoms with van der Waals surface area (Å²) in [5.74, 6) is -1.74. The molecule has 0 saturated heterocycles. The van der Waals surface area contributed by atoms with Crippen molar-refractivity contribution in [1.29, 1.82) is 0 Å². The Kier molecular flexibility index (Phi) is 8.00. The highest BCUT2D eigenvalue weighted by molar-refractivity contribution is 7.99. The number of para-hydroxylation sites is 1. The molecule has 2 amide bonds. The number of hydrogen-bond acceptors (Lipinski definition) is 3. The lowest BCUT2D eigenvalue weighted by molar-refractivity contribution is -0.116. The number of amides is 2. The lowest BCUT2D eigenvalue weighted by Gasteiger charge is -2.10. The van der Waals surface area contributed by atoms with E-state index < -0.39 is 17.5 Å². The van der Waals surface area contributed by atoms with Crippen LogP contribution >= 0.6 is 11.8 Å². The van der Waals surface area contributed by atoms with Crippen LogP contribution in [-0.2, 0) is 4.79 Å². The van der Waals surface area contributed by atoms with Gasteiger partial charge in [0.1, 0.15) is 11.6 Å². The highest BCUT2D eigenvalue weighted by Crippen LogP contribution is 2.27. The zero-order valence-corrected chi connectivity index (χ0v) is 15.5. The predicted molar refractivity (Wildman–Crippen MR) is 104 cm³/mol. The molecule has 4 nitrogen and oxygen atoms in total. The molecule has 0 aliphatic carbocycles. The quantitative estimate of drug-likeness (QED) is 0.379. The standard InChI is InChI=1S/C20H20F2N2O2S/c1-2-12-27-18-7-4-3-6-17(18)24-19(25)8-5-11-23-20(26)15-10-9-14(21)13-16(15)22/h2-4,6-7,9-10,13H,1,5,8,11-12H2,(H,23,26)(H,24,25). The number of rotatable bonds is 9. The van der Waals surface area contributed by atoms with Crippen LogP contribution in [0.4, 0.5) is 14.5 Å². The van der Waals surface area contributed by atoms with Gasteiger partial charge in [0, 0.05) is 29.7 Å². The van der Waals surface area contributed by atoms with Gasteiger partial charge >= 0.3 is 0 Å². The third-order valence-electron chi connectivity index (χ3n) is 3.56. The molecule has 0 saturated carbocycles. The minimum absolute atomic E-state index is 0.177. The van der Waals surface area contributed by atoms with E-state index in [1.54, 1.807) is 17.8 Å². The SMILES string of the molecule is C=CCSc1ccccc1NC(=O)CCCNC(=O)c1ccc(F)cc1F. The molecule has 27 heavy (non-hydrogen) atoms. The monoisotopic (exact) mass is 390 g/mol. The van der Waals surface area contributed by atoms with E-state index in [1.165, 1.54) is 0 Å². The van der Waals surface area contributed by atoms with Crippen LogP contribution in [0, 0.1) is 11.6 Å². The summed E-state index contributed by atoms with van der Waals surface area (Å²) in [6.07, 6.45) is 2.38.